The number of nitrogens with two attached hydrogens (primary N) is 1. The molecule has 0 radical (unpaired) electrons. The van der Waals surface area contributed by atoms with Crippen LogP contribution >= 0.6 is 11.3 Å². The first kappa shape index (κ1) is 15.2. The standard InChI is InChI=1S/C17H24N2S/c1-2-15-10-11-16(20-15)13-19-12-6-9-17(18)14-7-4-3-5-8-14/h3-5,7-8,10-11,17,19H,2,6,9,12-13,18H2,1H3. The number of rotatable bonds is 8. The zero-order valence-corrected chi connectivity index (χ0v) is 13.0. The Balaban J connectivity index is 1.62. The van der Waals surface area contributed by atoms with Crippen molar-refractivity contribution in [3.05, 3.63) is 57.8 Å². The van der Waals surface area contributed by atoms with Crippen LogP contribution in [-0.2, 0) is 13.0 Å². The Morgan fingerprint density at radius 3 is 2.55 bits per heavy atom. The summed E-state index contributed by atoms with van der Waals surface area (Å²) in [6, 6.07) is 15.0. The van der Waals surface area contributed by atoms with E-state index in [2.05, 4.69) is 48.6 Å². The third-order valence-electron chi connectivity index (χ3n) is 3.46. The Bertz CT molecular complexity index is 493. The van der Waals surface area contributed by atoms with E-state index < -0.39 is 0 Å². The molecule has 1 heterocycles. The fourth-order valence-electron chi connectivity index (χ4n) is 2.23. The fraction of sp³-hybridized carbons (Fsp3) is 0.412. The zero-order chi connectivity index (χ0) is 14.2. The van der Waals surface area contributed by atoms with E-state index in [-0.39, 0.29) is 6.04 Å². The van der Waals surface area contributed by atoms with Gasteiger partial charge in [-0.15, -0.1) is 11.3 Å². The van der Waals surface area contributed by atoms with Gasteiger partial charge in [0.25, 0.3) is 0 Å². The topological polar surface area (TPSA) is 38.0 Å². The fourth-order valence-corrected chi connectivity index (χ4v) is 3.16. The van der Waals surface area contributed by atoms with Gasteiger partial charge in [0.2, 0.25) is 0 Å². The quantitative estimate of drug-likeness (QED) is 0.723. The minimum absolute atomic E-state index is 0.159. The van der Waals surface area contributed by atoms with Gasteiger partial charge in [-0.25, -0.2) is 0 Å². The van der Waals surface area contributed by atoms with E-state index in [1.54, 1.807) is 0 Å². The van der Waals surface area contributed by atoms with Crippen LogP contribution in [0, 0.1) is 0 Å². The van der Waals surface area contributed by atoms with Gasteiger partial charge in [-0.1, -0.05) is 37.3 Å². The molecule has 1 atom stereocenters. The van der Waals surface area contributed by atoms with Crippen LogP contribution in [-0.4, -0.2) is 6.54 Å². The van der Waals surface area contributed by atoms with E-state index >= 15 is 0 Å². The highest BCUT2D eigenvalue weighted by Crippen LogP contribution is 2.17. The largest absolute Gasteiger partial charge is 0.324 e. The maximum atomic E-state index is 6.18. The number of hydrogen-bond acceptors (Lipinski definition) is 3. The second kappa shape index (κ2) is 8.20. The van der Waals surface area contributed by atoms with Crippen molar-refractivity contribution in [1.82, 2.24) is 5.32 Å². The number of nitrogens with one attached hydrogen (secondary N) is 1. The lowest BCUT2D eigenvalue weighted by Crippen LogP contribution is -2.17. The summed E-state index contributed by atoms with van der Waals surface area (Å²) in [7, 11) is 0. The predicted molar refractivity (Wildman–Crippen MR) is 88.0 cm³/mol. The second-order valence-corrected chi connectivity index (χ2v) is 6.31. The summed E-state index contributed by atoms with van der Waals surface area (Å²) < 4.78 is 0. The van der Waals surface area contributed by atoms with E-state index in [9.17, 15) is 0 Å². The van der Waals surface area contributed by atoms with Gasteiger partial charge < -0.3 is 11.1 Å². The Hall–Kier alpha value is -1.16. The van der Waals surface area contributed by atoms with Crippen LogP contribution in [0.1, 0.15) is 41.1 Å². The summed E-state index contributed by atoms with van der Waals surface area (Å²) in [4.78, 5) is 2.89. The number of hydrogen-bond donors (Lipinski definition) is 2. The molecule has 0 saturated heterocycles. The molecule has 0 amide bonds. The molecule has 0 bridgehead atoms. The molecule has 3 N–H and O–H groups in total. The lowest BCUT2D eigenvalue weighted by molar-refractivity contribution is 0.568. The van der Waals surface area contributed by atoms with Crippen LogP contribution in [0.5, 0.6) is 0 Å². The molecule has 1 aromatic carbocycles. The number of aryl methyl sites for hydroxylation is 1. The average Bonchev–Trinajstić information content (AvgIpc) is 2.95. The molecule has 1 unspecified atom stereocenters. The van der Waals surface area contributed by atoms with E-state index in [1.165, 1.54) is 15.3 Å². The van der Waals surface area contributed by atoms with Crippen molar-refractivity contribution in [3.8, 4) is 0 Å². The van der Waals surface area contributed by atoms with Crippen LogP contribution in [0.3, 0.4) is 0 Å². The van der Waals surface area contributed by atoms with Crippen molar-refractivity contribution < 1.29 is 0 Å². The molecule has 2 nitrogen and oxygen atoms in total. The van der Waals surface area contributed by atoms with Gasteiger partial charge in [-0.2, -0.15) is 0 Å². The van der Waals surface area contributed by atoms with Crippen LogP contribution in [0.25, 0.3) is 0 Å². The van der Waals surface area contributed by atoms with Gasteiger partial charge in [0.05, 0.1) is 0 Å². The molecule has 0 spiro atoms. The van der Waals surface area contributed by atoms with E-state index in [4.69, 9.17) is 5.73 Å². The normalized spacial score (nSPS) is 12.5. The monoisotopic (exact) mass is 288 g/mol. The maximum Gasteiger partial charge on any atom is 0.0299 e. The molecule has 3 heteroatoms. The third kappa shape index (κ3) is 4.75. The highest BCUT2D eigenvalue weighted by molar-refractivity contribution is 7.11. The van der Waals surface area contributed by atoms with E-state index in [1.807, 2.05) is 17.4 Å². The first-order chi connectivity index (χ1) is 9.79. The van der Waals surface area contributed by atoms with Gasteiger partial charge in [0, 0.05) is 22.3 Å². The van der Waals surface area contributed by atoms with Crippen LogP contribution in [0.15, 0.2) is 42.5 Å². The number of benzene rings is 1. The van der Waals surface area contributed by atoms with Gasteiger partial charge >= 0.3 is 0 Å². The maximum absolute atomic E-state index is 6.18. The Kier molecular flexibility index (Phi) is 6.25. The van der Waals surface area contributed by atoms with Crippen molar-refractivity contribution in [2.45, 2.75) is 38.8 Å². The molecule has 0 saturated carbocycles. The minimum atomic E-state index is 0.159. The van der Waals surface area contributed by atoms with Crippen molar-refractivity contribution in [2.24, 2.45) is 5.73 Å². The molecule has 0 aliphatic rings. The van der Waals surface area contributed by atoms with Crippen molar-refractivity contribution >= 4 is 11.3 Å². The molecule has 20 heavy (non-hydrogen) atoms. The lowest BCUT2D eigenvalue weighted by Gasteiger charge is -2.11. The van der Waals surface area contributed by atoms with Gasteiger partial charge in [0.15, 0.2) is 0 Å². The molecule has 2 aromatic rings. The molecular weight excluding hydrogens is 264 g/mol. The highest BCUT2D eigenvalue weighted by atomic mass is 32.1. The summed E-state index contributed by atoms with van der Waals surface area (Å²) in [6.07, 6.45) is 3.28. The first-order valence-electron chi connectivity index (χ1n) is 7.38. The summed E-state index contributed by atoms with van der Waals surface area (Å²) in [6.45, 7) is 4.21. The molecular formula is C17H24N2S. The average molecular weight is 288 g/mol. The predicted octanol–water partition coefficient (Wildman–Crippen LogP) is 3.88. The van der Waals surface area contributed by atoms with Gasteiger partial charge in [-0.05, 0) is 43.5 Å². The van der Waals surface area contributed by atoms with Gasteiger partial charge in [0.1, 0.15) is 0 Å². The van der Waals surface area contributed by atoms with Crippen LogP contribution in [0.4, 0.5) is 0 Å². The summed E-state index contributed by atoms with van der Waals surface area (Å²) >= 11 is 1.91. The molecule has 0 aliphatic heterocycles. The third-order valence-corrected chi connectivity index (χ3v) is 4.69. The Morgan fingerprint density at radius 1 is 1.10 bits per heavy atom. The summed E-state index contributed by atoms with van der Waals surface area (Å²) in [5.41, 5.74) is 7.42. The highest BCUT2D eigenvalue weighted by Gasteiger charge is 2.04. The molecule has 0 aliphatic carbocycles. The Morgan fingerprint density at radius 2 is 1.85 bits per heavy atom. The molecule has 2 rings (SSSR count). The van der Waals surface area contributed by atoms with Crippen LogP contribution in [0.2, 0.25) is 0 Å². The lowest BCUT2D eigenvalue weighted by atomic mass is 10.0. The second-order valence-electron chi connectivity index (χ2n) is 5.06. The number of thiophene rings is 1. The van der Waals surface area contributed by atoms with Crippen molar-refractivity contribution in [3.63, 3.8) is 0 Å². The van der Waals surface area contributed by atoms with Gasteiger partial charge in [-0.3, -0.25) is 0 Å². The first-order valence-corrected chi connectivity index (χ1v) is 8.20. The Labute approximate surface area is 126 Å². The van der Waals surface area contributed by atoms with E-state index in [0.717, 1.165) is 32.4 Å². The molecule has 108 valence electrons. The summed E-state index contributed by atoms with van der Waals surface area (Å²) in [5.74, 6) is 0. The zero-order valence-electron chi connectivity index (χ0n) is 12.1. The van der Waals surface area contributed by atoms with Crippen molar-refractivity contribution in [1.29, 1.82) is 0 Å². The SMILES string of the molecule is CCc1ccc(CNCCCC(N)c2ccccc2)s1. The van der Waals surface area contributed by atoms with Crippen molar-refractivity contribution in [2.75, 3.05) is 6.54 Å². The van der Waals surface area contributed by atoms with E-state index in [0.29, 0.717) is 0 Å². The minimum Gasteiger partial charge on any atom is -0.324 e. The molecule has 0 fully saturated rings. The summed E-state index contributed by atoms with van der Waals surface area (Å²) in [5, 5.41) is 3.50. The molecule has 1 aromatic heterocycles. The van der Waals surface area contributed by atoms with Crippen LogP contribution < -0.4 is 11.1 Å². The smallest absolute Gasteiger partial charge is 0.0299 e.